The minimum atomic E-state index is -0.661. The van der Waals surface area contributed by atoms with Crippen LogP contribution in [-0.2, 0) is 4.18 Å². The van der Waals surface area contributed by atoms with Gasteiger partial charge < -0.3 is 4.18 Å². The number of rotatable bonds is 8. The molecule has 7 nitrogen and oxygen atoms in total. The fourth-order valence-electron chi connectivity index (χ4n) is 1.51. The Kier molecular flexibility index (Phi) is 6.40. The zero-order valence-corrected chi connectivity index (χ0v) is 12.1. The van der Waals surface area contributed by atoms with Crippen LogP contribution in [0.25, 0.3) is 0 Å². The van der Waals surface area contributed by atoms with Crippen molar-refractivity contribution < 1.29 is 14.0 Å². The Labute approximate surface area is 120 Å². The normalized spacial score (nSPS) is 12.1. The molecule has 20 heavy (non-hydrogen) atoms. The van der Waals surface area contributed by atoms with Gasteiger partial charge in [-0.2, -0.15) is 0 Å². The Balaban J connectivity index is 2.79. The van der Waals surface area contributed by atoms with Crippen molar-refractivity contribution >= 4 is 23.4 Å². The van der Waals surface area contributed by atoms with Crippen molar-refractivity contribution in [3.63, 3.8) is 0 Å². The van der Waals surface area contributed by atoms with Crippen molar-refractivity contribution in [2.45, 2.75) is 44.1 Å². The van der Waals surface area contributed by atoms with E-state index in [4.69, 9.17) is 4.18 Å². The van der Waals surface area contributed by atoms with Gasteiger partial charge in [0, 0.05) is 18.1 Å². The van der Waals surface area contributed by atoms with Gasteiger partial charge in [0.2, 0.25) is 0 Å². The summed E-state index contributed by atoms with van der Waals surface area (Å²) in [6.07, 6.45) is 2.90. The number of hydrogen-bond donors (Lipinski definition) is 0. The molecule has 0 aromatic heterocycles. The van der Waals surface area contributed by atoms with Crippen LogP contribution in [-0.4, -0.2) is 16.0 Å². The van der Waals surface area contributed by atoms with Crippen LogP contribution in [0.4, 0.5) is 11.4 Å². The Morgan fingerprint density at radius 2 is 2.00 bits per heavy atom. The molecule has 0 aliphatic heterocycles. The van der Waals surface area contributed by atoms with Gasteiger partial charge in [-0.1, -0.05) is 19.8 Å². The first-order valence-electron chi connectivity index (χ1n) is 6.21. The second-order valence-electron chi connectivity index (χ2n) is 4.30. The lowest BCUT2D eigenvalue weighted by Gasteiger charge is -2.10. The van der Waals surface area contributed by atoms with Crippen molar-refractivity contribution in [1.29, 1.82) is 0 Å². The Hall–Kier alpha value is -1.67. The first-order valence-corrected chi connectivity index (χ1v) is 6.96. The summed E-state index contributed by atoms with van der Waals surface area (Å²) in [6, 6.07) is 3.52. The van der Waals surface area contributed by atoms with E-state index in [1.165, 1.54) is 12.1 Å². The fourth-order valence-corrected chi connectivity index (χ4v) is 2.21. The average molecular weight is 300 g/mol. The predicted molar refractivity (Wildman–Crippen MR) is 75.7 cm³/mol. The molecule has 0 aliphatic rings. The van der Waals surface area contributed by atoms with Gasteiger partial charge in [-0.15, -0.1) is 0 Å². The molecule has 1 aromatic rings. The predicted octanol–water partition coefficient (Wildman–Crippen LogP) is 4.11. The minimum absolute atomic E-state index is 0.0326. The summed E-state index contributed by atoms with van der Waals surface area (Å²) in [5.41, 5.74) is -0.619. The summed E-state index contributed by atoms with van der Waals surface area (Å²) in [6.45, 7) is 3.96. The SMILES string of the molecule is CCCC[C@@H](C)OSc1ccc([N+](=O)[O-])cc1[N+](=O)[O-]. The monoisotopic (exact) mass is 300 g/mol. The van der Waals surface area contributed by atoms with Crippen molar-refractivity contribution in [2.75, 3.05) is 0 Å². The number of hydrogen-bond acceptors (Lipinski definition) is 6. The van der Waals surface area contributed by atoms with E-state index in [2.05, 4.69) is 6.92 Å². The molecule has 1 aromatic carbocycles. The molecule has 0 unspecified atom stereocenters. The van der Waals surface area contributed by atoms with Gasteiger partial charge in [0.1, 0.15) is 4.90 Å². The molecular formula is C12H16N2O5S. The lowest BCUT2D eigenvalue weighted by Crippen LogP contribution is -2.03. The Bertz CT molecular complexity index is 495. The highest BCUT2D eigenvalue weighted by atomic mass is 32.2. The highest BCUT2D eigenvalue weighted by molar-refractivity contribution is 7.94. The molecule has 0 N–H and O–H groups in total. The molecule has 0 amide bonds. The fraction of sp³-hybridized carbons (Fsp3) is 0.500. The Morgan fingerprint density at radius 1 is 1.30 bits per heavy atom. The first kappa shape index (κ1) is 16.4. The minimum Gasteiger partial charge on any atom is -0.307 e. The van der Waals surface area contributed by atoms with Crippen molar-refractivity contribution in [2.24, 2.45) is 0 Å². The number of unbranched alkanes of at least 4 members (excludes halogenated alkanes) is 1. The molecule has 0 saturated heterocycles. The molecule has 1 rings (SSSR count). The van der Waals surface area contributed by atoms with Gasteiger partial charge in [-0.05, 0) is 19.4 Å². The highest BCUT2D eigenvalue weighted by Gasteiger charge is 2.20. The van der Waals surface area contributed by atoms with E-state index in [-0.39, 0.29) is 22.4 Å². The zero-order valence-electron chi connectivity index (χ0n) is 11.3. The third-order valence-corrected chi connectivity index (χ3v) is 3.57. The van der Waals surface area contributed by atoms with E-state index in [1.54, 1.807) is 0 Å². The number of benzene rings is 1. The van der Waals surface area contributed by atoms with Crippen molar-refractivity contribution in [3.8, 4) is 0 Å². The molecule has 8 heteroatoms. The number of nitrogens with zero attached hydrogens (tertiary/aromatic N) is 2. The molecule has 0 fully saturated rings. The molecule has 0 saturated carbocycles. The van der Waals surface area contributed by atoms with E-state index in [1.807, 2.05) is 6.92 Å². The largest absolute Gasteiger partial charge is 0.307 e. The molecule has 1 atom stereocenters. The first-order chi connectivity index (χ1) is 9.45. The number of nitro groups is 2. The number of non-ortho nitro benzene ring substituents is 1. The van der Waals surface area contributed by atoms with Crippen LogP contribution in [0.2, 0.25) is 0 Å². The number of nitro benzene ring substituents is 2. The van der Waals surface area contributed by atoms with Gasteiger partial charge in [-0.25, -0.2) is 0 Å². The summed E-state index contributed by atoms with van der Waals surface area (Å²) in [5.74, 6) is 0. The molecule has 0 radical (unpaired) electrons. The third-order valence-electron chi connectivity index (χ3n) is 2.62. The van der Waals surface area contributed by atoms with E-state index in [0.717, 1.165) is 37.4 Å². The molecule has 0 aliphatic carbocycles. The van der Waals surface area contributed by atoms with Crippen LogP contribution < -0.4 is 0 Å². The zero-order chi connectivity index (χ0) is 15.1. The quantitative estimate of drug-likeness (QED) is 0.407. The topological polar surface area (TPSA) is 95.5 Å². The van der Waals surface area contributed by atoms with E-state index < -0.39 is 9.85 Å². The molecular weight excluding hydrogens is 284 g/mol. The molecule has 0 bridgehead atoms. The summed E-state index contributed by atoms with van der Waals surface area (Å²) < 4.78 is 5.46. The second-order valence-corrected chi connectivity index (χ2v) is 5.10. The Morgan fingerprint density at radius 3 is 2.55 bits per heavy atom. The van der Waals surface area contributed by atoms with E-state index in [0.29, 0.717) is 0 Å². The third kappa shape index (κ3) is 4.78. The summed E-state index contributed by atoms with van der Waals surface area (Å²) in [4.78, 5) is 20.5. The summed E-state index contributed by atoms with van der Waals surface area (Å²) >= 11 is 0.890. The summed E-state index contributed by atoms with van der Waals surface area (Å²) in [7, 11) is 0. The average Bonchev–Trinajstić information content (AvgIpc) is 2.42. The van der Waals surface area contributed by atoms with E-state index >= 15 is 0 Å². The van der Waals surface area contributed by atoms with Crippen LogP contribution in [0.15, 0.2) is 23.1 Å². The smallest absolute Gasteiger partial charge is 0.292 e. The lowest BCUT2D eigenvalue weighted by molar-refractivity contribution is -0.396. The van der Waals surface area contributed by atoms with Gasteiger partial charge in [0.25, 0.3) is 11.4 Å². The van der Waals surface area contributed by atoms with Crippen molar-refractivity contribution in [3.05, 3.63) is 38.4 Å². The maximum atomic E-state index is 10.9. The van der Waals surface area contributed by atoms with Crippen molar-refractivity contribution in [1.82, 2.24) is 0 Å². The molecule has 0 spiro atoms. The van der Waals surface area contributed by atoms with Crippen LogP contribution >= 0.6 is 12.0 Å². The van der Waals surface area contributed by atoms with Crippen LogP contribution in [0, 0.1) is 20.2 Å². The van der Waals surface area contributed by atoms with Gasteiger partial charge >= 0.3 is 0 Å². The second kappa shape index (κ2) is 7.81. The van der Waals surface area contributed by atoms with Gasteiger partial charge in [-0.3, -0.25) is 20.2 Å². The maximum absolute atomic E-state index is 10.9. The van der Waals surface area contributed by atoms with Crippen LogP contribution in [0.5, 0.6) is 0 Å². The molecule has 110 valence electrons. The standard InChI is InChI=1S/C12H16N2O5S/c1-3-4-5-9(2)19-20-12-7-6-10(13(15)16)8-11(12)14(17)18/h6-9H,3-5H2,1-2H3/t9-/m1/s1. The van der Waals surface area contributed by atoms with Gasteiger partial charge in [0.05, 0.1) is 22.0 Å². The van der Waals surface area contributed by atoms with E-state index in [9.17, 15) is 20.2 Å². The maximum Gasteiger partial charge on any atom is 0.292 e. The summed E-state index contributed by atoms with van der Waals surface area (Å²) in [5, 5.41) is 21.5. The van der Waals surface area contributed by atoms with Gasteiger partial charge in [0.15, 0.2) is 0 Å². The van der Waals surface area contributed by atoms with Crippen LogP contribution in [0.3, 0.4) is 0 Å². The highest BCUT2D eigenvalue weighted by Crippen LogP contribution is 2.34. The lowest BCUT2D eigenvalue weighted by atomic mass is 10.2. The molecule has 0 heterocycles. The van der Waals surface area contributed by atoms with Crippen LogP contribution in [0.1, 0.15) is 33.1 Å².